The molecule has 0 unspecified atom stereocenters. The number of likely N-dealkylation sites (tertiary alicyclic amines) is 1. The summed E-state index contributed by atoms with van der Waals surface area (Å²) < 4.78 is 6.31. The van der Waals surface area contributed by atoms with Crippen molar-refractivity contribution in [3.05, 3.63) is 65.2 Å². The highest BCUT2D eigenvalue weighted by molar-refractivity contribution is 6.34. The minimum Gasteiger partial charge on any atom is -0.453 e. The highest BCUT2D eigenvalue weighted by atomic mass is 35.5. The number of fused-ring (bicyclic) bond motifs is 1. The third-order valence-electron chi connectivity index (χ3n) is 5.21. The van der Waals surface area contributed by atoms with Gasteiger partial charge in [-0.25, -0.2) is 9.31 Å². The molecular formula is C20H17ClN8O3. The maximum atomic E-state index is 12.8. The number of hydrogen-bond acceptors (Lipinski definition) is 7. The number of carbonyl (C=O) groups excluding carboxylic acids is 2. The molecule has 0 spiro atoms. The van der Waals surface area contributed by atoms with Crippen LogP contribution in [0.1, 0.15) is 22.1 Å². The lowest BCUT2D eigenvalue weighted by molar-refractivity contribution is 0.0863. The zero-order valence-corrected chi connectivity index (χ0v) is 17.6. The van der Waals surface area contributed by atoms with Crippen LogP contribution in [-0.4, -0.2) is 66.9 Å². The maximum absolute atomic E-state index is 12.8. The molecule has 12 heteroatoms. The standard InChI is InChI=1S/C20H17ClN8O3/c1-32-20(31)27-10-12(11-27)18-24-26-29(25-18)13-5-6-15(21)16(8-13)23-19(30)14-9-22-28-7-3-2-4-17(14)28/h2-9,12H,10-11H2,1H3,(H,23,30). The second-order valence-corrected chi connectivity index (χ2v) is 7.62. The Morgan fingerprint density at radius 2 is 2.06 bits per heavy atom. The first-order valence-corrected chi connectivity index (χ1v) is 10.1. The van der Waals surface area contributed by atoms with E-state index in [1.54, 1.807) is 33.8 Å². The third kappa shape index (κ3) is 3.52. The molecule has 32 heavy (non-hydrogen) atoms. The number of carbonyl (C=O) groups is 2. The SMILES string of the molecule is COC(=O)N1CC(c2nnn(-c3ccc(Cl)c(NC(=O)c4cnn5ccccc45)c3)n2)C1. The van der Waals surface area contributed by atoms with Crippen LogP contribution in [0.5, 0.6) is 0 Å². The summed E-state index contributed by atoms with van der Waals surface area (Å²) >= 11 is 6.30. The van der Waals surface area contributed by atoms with Gasteiger partial charge in [-0.2, -0.15) is 5.10 Å². The van der Waals surface area contributed by atoms with Crippen LogP contribution in [-0.2, 0) is 4.74 Å². The first-order valence-electron chi connectivity index (χ1n) is 9.70. The first kappa shape index (κ1) is 19.9. The number of ether oxygens (including phenoxy) is 1. The van der Waals surface area contributed by atoms with Gasteiger partial charge < -0.3 is 15.0 Å². The van der Waals surface area contributed by atoms with E-state index in [2.05, 4.69) is 25.8 Å². The van der Waals surface area contributed by atoms with Gasteiger partial charge in [-0.3, -0.25) is 4.79 Å². The van der Waals surface area contributed by atoms with E-state index in [4.69, 9.17) is 16.3 Å². The van der Waals surface area contributed by atoms with Crippen LogP contribution in [0.4, 0.5) is 10.5 Å². The average molecular weight is 453 g/mol. The molecule has 0 radical (unpaired) electrons. The summed E-state index contributed by atoms with van der Waals surface area (Å²) in [5.41, 5.74) is 2.09. The summed E-state index contributed by atoms with van der Waals surface area (Å²) in [6.45, 7) is 0.944. The molecule has 162 valence electrons. The number of aromatic nitrogens is 6. The van der Waals surface area contributed by atoms with E-state index in [1.807, 2.05) is 18.2 Å². The molecule has 2 amide bonds. The summed E-state index contributed by atoms with van der Waals surface area (Å²) in [5.74, 6) is 0.178. The predicted molar refractivity (Wildman–Crippen MR) is 114 cm³/mol. The highest BCUT2D eigenvalue weighted by Crippen LogP contribution is 2.27. The van der Waals surface area contributed by atoms with Crippen molar-refractivity contribution in [3.63, 3.8) is 0 Å². The molecule has 1 aliphatic rings. The molecule has 0 atom stereocenters. The molecule has 1 aliphatic heterocycles. The minimum absolute atomic E-state index is 0.00931. The van der Waals surface area contributed by atoms with Gasteiger partial charge in [0.1, 0.15) is 0 Å². The van der Waals surface area contributed by atoms with E-state index < -0.39 is 0 Å². The molecule has 3 aromatic heterocycles. The van der Waals surface area contributed by atoms with Crippen molar-refractivity contribution in [1.82, 2.24) is 34.7 Å². The van der Waals surface area contributed by atoms with Crippen molar-refractivity contribution < 1.29 is 14.3 Å². The molecule has 4 heterocycles. The number of pyridine rings is 1. The zero-order chi connectivity index (χ0) is 22.2. The van der Waals surface area contributed by atoms with Crippen LogP contribution < -0.4 is 5.32 Å². The largest absolute Gasteiger partial charge is 0.453 e. The van der Waals surface area contributed by atoms with Gasteiger partial charge in [0.15, 0.2) is 5.82 Å². The second kappa shape index (κ2) is 7.93. The molecule has 1 fully saturated rings. The fraction of sp³-hybridized carbons (Fsp3) is 0.200. The zero-order valence-electron chi connectivity index (χ0n) is 16.8. The van der Waals surface area contributed by atoms with Crippen LogP contribution in [0, 0.1) is 0 Å². The van der Waals surface area contributed by atoms with Crippen molar-refractivity contribution in [2.75, 3.05) is 25.5 Å². The number of methoxy groups -OCH3 is 1. The normalized spacial score (nSPS) is 13.8. The number of nitrogens with zero attached hydrogens (tertiary/aromatic N) is 7. The molecule has 4 aromatic rings. The molecule has 1 saturated heterocycles. The van der Waals surface area contributed by atoms with Crippen molar-refractivity contribution in [3.8, 4) is 5.69 Å². The Morgan fingerprint density at radius 1 is 1.22 bits per heavy atom. The van der Waals surface area contributed by atoms with Crippen LogP contribution in [0.2, 0.25) is 5.02 Å². The van der Waals surface area contributed by atoms with Gasteiger partial charge in [0.2, 0.25) is 0 Å². The molecule has 0 bridgehead atoms. The number of tetrazole rings is 1. The summed E-state index contributed by atoms with van der Waals surface area (Å²) in [7, 11) is 1.34. The Morgan fingerprint density at radius 3 is 2.88 bits per heavy atom. The lowest BCUT2D eigenvalue weighted by Crippen LogP contribution is -2.48. The smallest absolute Gasteiger partial charge is 0.409 e. The topological polar surface area (TPSA) is 120 Å². The molecule has 5 rings (SSSR count). The molecule has 0 saturated carbocycles. The van der Waals surface area contributed by atoms with E-state index in [1.165, 1.54) is 18.1 Å². The number of amides is 2. The van der Waals surface area contributed by atoms with Gasteiger partial charge in [0, 0.05) is 19.3 Å². The van der Waals surface area contributed by atoms with Crippen molar-refractivity contribution in [2.45, 2.75) is 5.92 Å². The molecule has 1 aromatic carbocycles. The Kier molecular flexibility index (Phi) is 4.94. The van der Waals surface area contributed by atoms with Gasteiger partial charge in [-0.15, -0.1) is 15.0 Å². The number of hydrogen-bond donors (Lipinski definition) is 1. The number of benzene rings is 1. The second-order valence-electron chi connectivity index (χ2n) is 7.22. The van der Waals surface area contributed by atoms with E-state index in [0.29, 0.717) is 46.4 Å². The Labute approximate surface area is 186 Å². The molecule has 0 aliphatic carbocycles. The predicted octanol–water partition coefficient (Wildman–Crippen LogP) is 2.38. The summed E-state index contributed by atoms with van der Waals surface area (Å²) in [5, 5.41) is 20.0. The highest BCUT2D eigenvalue weighted by Gasteiger charge is 2.35. The maximum Gasteiger partial charge on any atom is 0.409 e. The third-order valence-corrected chi connectivity index (χ3v) is 5.54. The fourth-order valence-corrected chi connectivity index (χ4v) is 3.62. The fourth-order valence-electron chi connectivity index (χ4n) is 3.45. The van der Waals surface area contributed by atoms with Gasteiger partial charge in [-0.05, 0) is 35.5 Å². The van der Waals surface area contributed by atoms with Crippen molar-refractivity contribution >= 4 is 34.8 Å². The van der Waals surface area contributed by atoms with E-state index >= 15 is 0 Å². The Balaban J connectivity index is 1.34. The Hall–Kier alpha value is -3.99. The van der Waals surface area contributed by atoms with Crippen molar-refractivity contribution in [1.29, 1.82) is 0 Å². The molecular weight excluding hydrogens is 436 g/mol. The van der Waals surface area contributed by atoms with Gasteiger partial charge >= 0.3 is 6.09 Å². The van der Waals surface area contributed by atoms with E-state index in [0.717, 1.165) is 0 Å². The summed E-state index contributed by atoms with van der Waals surface area (Å²) in [4.78, 5) is 27.2. The van der Waals surface area contributed by atoms with Gasteiger partial charge in [-0.1, -0.05) is 17.7 Å². The number of rotatable bonds is 4. The van der Waals surface area contributed by atoms with Gasteiger partial charge in [0.05, 0.1) is 46.7 Å². The Bertz CT molecular complexity index is 1330. The van der Waals surface area contributed by atoms with E-state index in [9.17, 15) is 9.59 Å². The monoisotopic (exact) mass is 452 g/mol. The number of nitrogens with one attached hydrogen (secondary N) is 1. The van der Waals surface area contributed by atoms with Gasteiger partial charge in [0.25, 0.3) is 5.91 Å². The van der Waals surface area contributed by atoms with Crippen LogP contribution >= 0.6 is 11.6 Å². The van der Waals surface area contributed by atoms with Crippen LogP contribution in [0.15, 0.2) is 48.8 Å². The van der Waals surface area contributed by atoms with E-state index in [-0.39, 0.29) is 17.9 Å². The summed E-state index contributed by atoms with van der Waals surface area (Å²) in [6, 6.07) is 10.5. The van der Waals surface area contributed by atoms with Crippen molar-refractivity contribution in [2.24, 2.45) is 0 Å². The number of halogens is 1. The lowest BCUT2D eigenvalue weighted by Gasteiger charge is -2.35. The van der Waals surface area contributed by atoms with Crippen LogP contribution in [0.25, 0.3) is 11.2 Å². The molecule has 1 N–H and O–H groups in total. The quantitative estimate of drug-likeness (QED) is 0.504. The molecule has 11 nitrogen and oxygen atoms in total. The average Bonchev–Trinajstić information content (AvgIpc) is 3.41. The first-order chi connectivity index (χ1) is 15.5. The lowest BCUT2D eigenvalue weighted by atomic mass is 10.0. The number of anilines is 1. The van der Waals surface area contributed by atoms with Crippen LogP contribution in [0.3, 0.4) is 0 Å². The minimum atomic E-state index is -0.377. The summed E-state index contributed by atoms with van der Waals surface area (Å²) in [6.07, 6.45) is 2.89.